The molecule has 0 radical (unpaired) electrons. The van der Waals surface area contributed by atoms with Crippen molar-refractivity contribution in [3.8, 4) is 11.3 Å². The Labute approximate surface area is 162 Å². The van der Waals surface area contributed by atoms with Gasteiger partial charge in [0, 0.05) is 35.1 Å². The van der Waals surface area contributed by atoms with Gasteiger partial charge in [-0.3, -0.25) is 4.98 Å². The van der Waals surface area contributed by atoms with Crippen LogP contribution in [0.15, 0.2) is 48.8 Å². The van der Waals surface area contributed by atoms with E-state index in [0.29, 0.717) is 27.5 Å². The van der Waals surface area contributed by atoms with Crippen LogP contribution in [0.3, 0.4) is 0 Å². The minimum Gasteiger partial charge on any atom is -0.352 e. The van der Waals surface area contributed by atoms with Crippen molar-refractivity contribution in [2.45, 2.75) is 26.3 Å². The number of hydrogen-bond donors (Lipinski definition) is 2. The van der Waals surface area contributed by atoms with E-state index < -0.39 is 0 Å². The summed E-state index contributed by atoms with van der Waals surface area (Å²) in [6.45, 7) is 4.19. The van der Waals surface area contributed by atoms with Gasteiger partial charge in [-0.1, -0.05) is 30.1 Å². The second-order valence-electron chi connectivity index (χ2n) is 5.91. The van der Waals surface area contributed by atoms with E-state index in [0.717, 1.165) is 17.7 Å². The Bertz CT molecular complexity index is 886. The van der Waals surface area contributed by atoms with Crippen molar-refractivity contribution in [1.29, 1.82) is 0 Å². The van der Waals surface area contributed by atoms with Gasteiger partial charge >= 0.3 is 0 Å². The lowest BCUT2D eigenvalue weighted by Crippen LogP contribution is -2.16. The topological polar surface area (TPSA) is 62.7 Å². The molecule has 1 atom stereocenters. The number of rotatable bonds is 6. The molecular formula is C19H19Cl2N5. The second kappa shape index (κ2) is 8.34. The quantitative estimate of drug-likeness (QED) is 0.559. The maximum Gasteiger partial charge on any atom is 0.225 e. The van der Waals surface area contributed by atoms with Crippen LogP contribution >= 0.6 is 23.2 Å². The van der Waals surface area contributed by atoms with Crippen LogP contribution in [-0.4, -0.2) is 21.0 Å². The van der Waals surface area contributed by atoms with Gasteiger partial charge in [0.15, 0.2) is 0 Å². The van der Waals surface area contributed by atoms with Gasteiger partial charge in [-0.15, -0.1) is 0 Å². The summed E-state index contributed by atoms with van der Waals surface area (Å²) in [4.78, 5) is 13.3. The average Bonchev–Trinajstić information content (AvgIpc) is 2.65. The lowest BCUT2D eigenvalue weighted by Gasteiger charge is -2.15. The number of anilines is 3. The molecule has 1 aromatic carbocycles. The van der Waals surface area contributed by atoms with Crippen LogP contribution in [0.2, 0.25) is 10.0 Å². The highest BCUT2D eigenvalue weighted by Crippen LogP contribution is 2.29. The van der Waals surface area contributed by atoms with Crippen molar-refractivity contribution in [3.63, 3.8) is 0 Å². The maximum absolute atomic E-state index is 6.26. The molecule has 2 aromatic heterocycles. The smallest absolute Gasteiger partial charge is 0.225 e. The summed E-state index contributed by atoms with van der Waals surface area (Å²) in [5.74, 6) is 1.16. The highest BCUT2D eigenvalue weighted by Gasteiger charge is 2.10. The summed E-state index contributed by atoms with van der Waals surface area (Å²) in [5, 5.41) is 7.70. The number of nitrogens with zero attached hydrogens (tertiary/aromatic N) is 3. The number of pyridine rings is 1. The molecule has 0 aliphatic heterocycles. The van der Waals surface area contributed by atoms with Gasteiger partial charge in [0.2, 0.25) is 5.95 Å². The van der Waals surface area contributed by atoms with Gasteiger partial charge in [-0.05, 0) is 43.7 Å². The fourth-order valence-corrected chi connectivity index (χ4v) is 2.63. The van der Waals surface area contributed by atoms with E-state index in [4.69, 9.17) is 23.2 Å². The molecule has 0 saturated heterocycles. The zero-order chi connectivity index (χ0) is 18.5. The highest BCUT2D eigenvalue weighted by molar-refractivity contribution is 6.35. The van der Waals surface area contributed by atoms with Gasteiger partial charge in [0.05, 0.1) is 16.4 Å². The van der Waals surface area contributed by atoms with Gasteiger partial charge < -0.3 is 10.6 Å². The maximum atomic E-state index is 6.26. The summed E-state index contributed by atoms with van der Waals surface area (Å²) in [6, 6.07) is 11.2. The predicted molar refractivity (Wildman–Crippen MR) is 108 cm³/mol. The lowest BCUT2D eigenvalue weighted by atomic mass is 10.2. The zero-order valence-corrected chi connectivity index (χ0v) is 16.0. The number of nitrogens with one attached hydrogen (secondary N) is 2. The van der Waals surface area contributed by atoms with Gasteiger partial charge in [0.1, 0.15) is 5.82 Å². The highest BCUT2D eigenvalue weighted by atomic mass is 35.5. The fraction of sp³-hybridized carbons (Fsp3) is 0.211. The standard InChI is InChI=1S/C19H19Cl2N5/c1-3-12(2)23-19-25-16(13-5-4-8-22-11-13)10-18(26-19)24-17-9-14(20)6-7-15(17)21/h4-12H,3H2,1-2H3,(H2,23,24,25,26)/t12-/m0/s1. The van der Waals surface area contributed by atoms with Gasteiger partial charge in [-0.2, -0.15) is 4.98 Å². The van der Waals surface area contributed by atoms with Gasteiger partial charge in [0.25, 0.3) is 0 Å². The largest absolute Gasteiger partial charge is 0.352 e. The van der Waals surface area contributed by atoms with Crippen LogP contribution < -0.4 is 10.6 Å². The van der Waals surface area contributed by atoms with E-state index in [1.807, 2.05) is 18.2 Å². The molecule has 7 heteroatoms. The molecule has 0 aliphatic rings. The van der Waals surface area contributed by atoms with E-state index in [2.05, 4.69) is 39.4 Å². The summed E-state index contributed by atoms with van der Waals surface area (Å²) in [7, 11) is 0. The third-order valence-electron chi connectivity index (χ3n) is 3.86. The zero-order valence-electron chi connectivity index (χ0n) is 14.5. The fourth-order valence-electron chi connectivity index (χ4n) is 2.29. The van der Waals surface area contributed by atoms with Crippen LogP contribution in [0, 0.1) is 0 Å². The predicted octanol–water partition coefficient (Wildman–Crippen LogP) is 5.80. The Morgan fingerprint density at radius 1 is 1.12 bits per heavy atom. The Morgan fingerprint density at radius 2 is 1.96 bits per heavy atom. The average molecular weight is 388 g/mol. The Balaban J connectivity index is 2.00. The molecule has 2 N–H and O–H groups in total. The molecule has 0 saturated carbocycles. The molecule has 0 unspecified atom stereocenters. The first-order valence-corrected chi connectivity index (χ1v) is 9.09. The molecule has 0 spiro atoms. The molecule has 2 heterocycles. The summed E-state index contributed by atoms with van der Waals surface area (Å²) < 4.78 is 0. The van der Waals surface area contributed by atoms with Crippen LogP contribution in [0.4, 0.5) is 17.5 Å². The monoisotopic (exact) mass is 387 g/mol. The van der Waals surface area contributed by atoms with Crippen LogP contribution in [-0.2, 0) is 0 Å². The number of aromatic nitrogens is 3. The molecule has 0 aliphatic carbocycles. The summed E-state index contributed by atoms with van der Waals surface area (Å²) >= 11 is 12.3. The Kier molecular flexibility index (Phi) is 5.91. The molecule has 0 bridgehead atoms. The Hall–Kier alpha value is -2.37. The molecule has 26 heavy (non-hydrogen) atoms. The van der Waals surface area contributed by atoms with Crippen LogP contribution in [0.1, 0.15) is 20.3 Å². The van der Waals surface area contributed by atoms with Crippen molar-refractivity contribution in [2.75, 3.05) is 10.6 Å². The van der Waals surface area contributed by atoms with Crippen molar-refractivity contribution >= 4 is 40.7 Å². The molecular weight excluding hydrogens is 369 g/mol. The minimum absolute atomic E-state index is 0.252. The van der Waals surface area contributed by atoms with Crippen molar-refractivity contribution < 1.29 is 0 Å². The first-order chi connectivity index (χ1) is 12.5. The van der Waals surface area contributed by atoms with Crippen molar-refractivity contribution in [3.05, 3.63) is 58.8 Å². The molecule has 5 nitrogen and oxygen atoms in total. The normalized spacial score (nSPS) is 11.8. The van der Waals surface area contributed by atoms with E-state index in [9.17, 15) is 0 Å². The second-order valence-corrected chi connectivity index (χ2v) is 6.75. The third kappa shape index (κ3) is 4.62. The van der Waals surface area contributed by atoms with Crippen molar-refractivity contribution in [2.24, 2.45) is 0 Å². The minimum atomic E-state index is 0.252. The molecule has 3 aromatic rings. The van der Waals surface area contributed by atoms with Gasteiger partial charge in [-0.25, -0.2) is 4.98 Å². The van der Waals surface area contributed by atoms with Crippen molar-refractivity contribution in [1.82, 2.24) is 15.0 Å². The van der Waals surface area contributed by atoms with E-state index in [1.54, 1.807) is 30.6 Å². The number of halogens is 2. The lowest BCUT2D eigenvalue weighted by molar-refractivity contribution is 0.753. The van der Waals surface area contributed by atoms with E-state index in [1.165, 1.54) is 0 Å². The Morgan fingerprint density at radius 3 is 2.69 bits per heavy atom. The summed E-state index contributed by atoms with van der Waals surface area (Å²) in [5.41, 5.74) is 2.35. The molecule has 0 fully saturated rings. The third-order valence-corrected chi connectivity index (χ3v) is 4.43. The molecule has 0 amide bonds. The first kappa shape index (κ1) is 18.4. The summed E-state index contributed by atoms with van der Waals surface area (Å²) in [6.07, 6.45) is 4.46. The van der Waals surface area contributed by atoms with Crippen LogP contribution in [0.25, 0.3) is 11.3 Å². The first-order valence-electron chi connectivity index (χ1n) is 8.33. The molecule has 3 rings (SSSR count). The number of benzene rings is 1. The van der Waals surface area contributed by atoms with E-state index >= 15 is 0 Å². The number of hydrogen-bond acceptors (Lipinski definition) is 5. The van der Waals surface area contributed by atoms with Crippen LogP contribution in [0.5, 0.6) is 0 Å². The van der Waals surface area contributed by atoms with E-state index in [-0.39, 0.29) is 6.04 Å². The molecule has 134 valence electrons. The SMILES string of the molecule is CC[C@H](C)Nc1nc(Nc2cc(Cl)ccc2Cl)cc(-c2cccnc2)n1.